The Labute approximate surface area is 158 Å². The third-order valence-corrected chi connectivity index (χ3v) is 5.56. The molecule has 5 heteroatoms. The van der Waals surface area contributed by atoms with Gasteiger partial charge in [-0.05, 0) is 61.4 Å². The van der Waals surface area contributed by atoms with Crippen molar-refractivity contribution in [1.29, 1.82) is 0 Å². The van der Waals surface area contributed by atoms with Crippen LogP contribution in [0.5, 0.6) is 0 Å². The molecule has 0 saturated carbocycles. The Morgan fingerprint density at radius 3 is 2.58 bits per heavy atom. The highest BCUT2D eigenvalue weighted by Crippen LogP contribution is 2.27. The van der Waals surface area contributed by atoms with Crippen molar-refractivity contribution in [3.8, 4) is 16.3 Å². The maximum atomic E-state index is 13.0. The second kappa shape index (κ2) is 7.46. The van der Waals surface area contributed by atoms with Crippen molar-refractivity contribution in [2.75, 3.05) is 0 Å². The SMILES string of the molecule is Cc1ccc(C)c(-n2nc(-c3cccs3)cc2C(=O)N[C@@H](C)C(C)C)c1. The number of benzene rings is 1. The van der Waals surface area contributed by atoms with Crippen LogP contribution < -0.4 is 5.32 Å². The summed E-state index contributed by atoms with van der Waals surface area (Å²) in [7, 11) is 0. The number of carbonyl (C=O) groups is 1. The predicted molar refractivity (Wildman–Crippen MR) is 108 cm³/mol. The van der Waals surface area contributed by atoms with Crippen molar-refractivity contribution < 1.29 is 4.79 Å². The van der Waals surface area contributed by atoms with Crippen LogP contribution in [0.15, 0.2) is 41.8 Å². The molecule has 0 aliphatic heterocycles. The molecule has 2 heterocycles. The minimum absolute atomic E-state index is 0.0923. The summed E-state index contributed by atoms with van der Waals surface area (Å²) < 4.78 is 1.78. The molecule has 0 aliphatic carbocycles. The molecule has 1 atom stereocenters. The van der Waals surface area contributed by atoms with Crippen LogP contribution in [0.3, 0.4) is 0 Å². The molecule has 0 bridgehead atoms. The number of aromatic nitrogens is 2. The number of hydrogen-bond donors (Lipinski definition) is 1. The minimum atomic E-state index is -0.0950. The normalized spacial score (nSPS) is 12.4. The second-order valence-corrected chi connectivity index (χ2v) is 8.05. The van der Waals surface area contributed by atoms with E-state index in [4.69, 9.17) is 5.10 Å². The fourth-order valence-electron chi connectivity index (χ4n) is 2.67. The van der Waals surface area contributed by atoms with E-state index in [1.54, 1.807) is 16.0 Å². The molecule has 26 heavy (non-hydrogen) atoms. The average molecular weight is 368 g/mol. The molecule has 1 aromatic carbocycles. The van der Waals surface area contributed by atoms with Crippen molar-refractivity contribution in [1.82, 2.24) is 15.1 Å². The Morgan fingerprint density at radius 2 is 1.92 bits per heavy atom. The van der Waals surface area contributed by atoms with E-state index in [2.05, 4.69) is 37.4 Å². The summed E-state index contributed by atoms with van der Waals surface area (Å²) in [5.41, 5.74) is 4.55. The molecule has 3 rings (SSSR count). The predicted octanol–water partition coefficient (Wildman–Crippen LogP) is 4.99. The molecule has 0 aliphatic rings. The van der Waals surface area contributed by atoms with E-state index in [0.29, 0.717) is 11.6 Å². The van der Waals surface area contributed by atoms with Gasteiger partial charge in [-0.15, -0.1) is 11.3 Å². The van der Waals surface area contributed by atoms with Crippen LogP contribution in [-0.2, 0) is 0 Å². The highest BCUT2D eigenvalue weighted by Gasteiger charge is 2.21. The lowest BCUT2D eigenvalue weighted by atomic mass is 10.1. The van der Waals surface area contributed by atoms with Crippen molar-refractivity contribution in [2.24, 2.45) is 5.92 Å². The minimum Gasteiger partial charge on any atom is -0.348 e. The fraction of sp³-hybridized carbons (Fsp3) is 0.333. The van der Waals surface area contributed by atoms with E-state index in [1.807, 2.05) is 44.4 Å². The Hall–Kier alpha value is -2.40. The van der Waals surface area contributed by atoms with Gasteiger partial charge in [0.25, 0.3) is 5.91 Å². The summed E-state index contributed by atoms with van der Waals surface area (Å²) in [6, 6.07) is 12.2. The highest BCUT2D eigenvalue weighted by molar-refractivity contribution is 7.13. The van der Waals surface area contributed by atoms with Gasteiger partial charge >= 0.3 is 0 Å². The lowest BCUT2D eigenvalue weighted by Gasteiger charge is -2.18. The van der Waals surface area contributed by atoms with Crippen LogP contribution in [0, 0.1) is 19.8 Å². The van der Waals surface area contributed by atoms with Crippen LogP contribution in [0.2, 0.25) is 0 Å². The first-order valence-electron chi connectivity index (χ1n) is 8.89. The lowest BCUT2D eigenvalue weighted by molar-refractivity contribution is 0.0922. The molecule has 2 aromatic heterocycles. The number of nitrogens with one attached hydrogen (secondary N) is 1. The molecule has 1 N–H and O–H groups in total. The topological polar surface area (TPSA) is 46.9 Å². The van der Waals surface area contributed by atoms with E-state index < -0.39 is 0 Å². The van der Waals surface area contributed by atoms with Gasteiger partial charge in [0.1, 0.15) is 11.4 Å². The number of rotatable bonds is 5. The van der Waals surface area contributed by atoms with E-state index in [1.165, 1.54) is 0 Å². The molecule has 0 unspecified atom stereocenters. The summed E-state index contributed by atoms with van der Waals surface area (Å²) >= 11 is 1.62. The van der Waals surface area contributed by atoms with E-state index in [0.717, 1.165) is 27.4 Å². The Kier molecular flexibility index (Phi) is 5.28. The van der Waals surface area contributed by atoms with Gasteiger partial charge in [-0.2, -0.15) is 5.10 Å². The standard InChI is InChI=1S/C21H25N3OS/c1-13(2)16(5)22-21(25)19-12-17(20-7-6-10-26-20)23-24(19)18-11-14(3)8-9-15(18)4/h6-13,16H,1-5H3,(H,22,25)/t16-/m0/s1. The van der Waals surface area contributed by atoms with Gasteiger partial charge in [0, 0.05) is 6.04 Å². The van der Waals surface area contributed by atoms with Crippen molar-refractivity contribution >= 4 is 17.2 Å². The quantitative estimate of drug-likeness (QED) is 0.690. The molecule has 4 nitrogen and oxygen atoms in total. The molecule has 3 aromatic rings. The summed E-state index contributed by atoms with van der Waals surface area (Å²) in [5, 5.41) is 9.89. The first-order chi connectivity index (χ1) is 12.4. The monoisotopic (exact) mass is 367 g/mol. The molecule has 0 saturated heterocycles. The van der Waals surface area contributed by atoms with Crippen LogP contribution >= 0.6 is 11.3 Å². The highest BCUT2D eigenvalue weighted by atomic mass is 32.1. The largest absolute Gasteiger partial charge is 0.348 e. The summed E-state index contributed by atoms with van der Waals surface area (Å²) in [6.07, 6.45) is 0. The van der Waals surface area contributed by atoms with Crippen LogP contribution in [0.25, 0.3) is 16.3 Å². The number of aryl methyl sites for hydroxylation is 2. The summed E-state index contributed by atoms with van der Waals surface area (Å²) in [4.78, 5) is 14.0. The Morgan fingerprint density at radius 1 is 1.15 bits per heavy atom. The number of carbonyl (C=O) groups excluding carboxylic acids is 1. The maximum absolute atomic E-state index is 13.0. The van der Waals surface area contributed by atoms with Gasteiger partial charge in [-0.1, -0.05) is 32.0 Å². The maximum Gasteiger partial charge on any atom is 0.270 e. The molecular formula is C21H25N3OS. The van der Waals surface area contributed by atoms with Gasteiger partial charge in [0.2, 0.25) is 0 Å². The van der Waals surface area contributed by atoms with E-state index in [-0.39, 0.29) is 11.9 Å². The Balaban J connectivity index is 2.09. The summed E-state index contributed by atoms with van der Waals surface area (Å²) in [5.74, 6) is 0.273. The summed E-state index contributed by atoms with van der Waals surface area (Å²) in [6.45, 7) is 10.3. The van der Waals surface area contributed by atoms with E-state index in [9.17, 15) is 4.79 Å². The molecular weight excluding hydrogens is 342 g/mol. The van der Waals surface area contributed by atoms with Crippen molar-refractivity contribution in [3.05, 3.63) is 58.6 Å². The van der Waals surface area contributed by atoms with Crippen molar-refractivity contribution in [3.63, 3.8) is 0 Å². The van der Waals surface area contributed by atoms with Crippen LogP contribution in [0.1, 0.15) is 42.4 Å². The molecule has 0 spiro atoms. The zero-order valence-corrected chi connectivity index (χ0v) is 16.7. The third-order valence-electron chi connectivity index (χ3n) is 4.67. The third kappa shape index (κ3) is 3.73. The van der Waals surface area contributed by atoms with Gasteiger partial charge < -0.3 is 5.32 Å². The smallest absolute Gasteiger partial charge is 0.270 e. The zero-order chi connectivity index (χ0) is 18.8. The Bertz CT molecular complexity index is 909. The van der Waals surface area contributed by atoms with Crippen molar-refractivity contribution in [2.45, 2.75) is 40.7 Å². The van der Waals surface area contributed by atoms with Gasteiger partial charge in [0.15, 0.2) is 0 Å². The van der Waals surface area contributed by atoms with Gasteiger partial charge in [-0.25, -0.2) is 4.68 Å². The molecule has 1 amide bonds. The molecule has 0 fully saturated rings. The van der Waals surface area contributed by atoms with Gasteiger partial charge in [-0.3, -0.25) is 4.79 Å². The van der Waals surface area contributed by atoms with E-state index >= 15 is 0 Å². The zero-order valence-electron chi connectivity index (χ0n) is 15.9. The first-order valence-corrected chi connectivity index (χ1v) is 9.77. The average Bonchev–Trinajstić information content (AvgIpc) is 3.25. The fourth-order valence-corrected chi connectivity index (χ4v) is 3.35. The second-order valence-electron chi connectivity index (χ2n) is 7.10. The molecule has 0 radical (unpaired) electrons. The first kappa shape index (κ1) is 18.4. The van der Waals surface area contributed by atoms with Crippen LogP contribution in [-0.4, -0.2) is 21.7 Å². The van der Waals surface area contributed by atoms with Gasteiger partial charge in [0.05, 0.1) is 10.6 Å². The number of amides is 1. The molecule has 136 valence electrons. The number of nitrogens with zero attached hydrogens (tertiary/aromatic N) is 2. The number of thiophene rings is 1. The number of hydrogen-bond acceptors (Lipinski definition) is 3. The van der Waals surface area contributed by atoms with Crippen LogP contribution in [0.4, 0.5) is 0 Å². The lowest BCUT2D eigenvalue weighted by Crippen LogP contribution is -2.37.